The Morgan fingerprint density at radius 3 is 2.39 bits per heavy atom. The number of carbonyl (C=O) groups excluding carboxylic acids is 3. The second-order valence-corrected chi connectivity index (χ2v) is 9.81. The van der Waals surface area contributed by atoms with Crippen molar-refractivity contribution in [2.75, 3.05) is 25.6 Å². The first-order valence-electron chi connectivity index (χ1n) is 11.6. The van der Waals surface area contributed by atoms with Crippen LogP contribution >= 0.6 is 0 Å². The maximum absolute atomic E-state index is 13.0. The Bertz CT molecular complexity index is 868. The number of rotatable bonds is 8. The van der Waals surface area contributed by atoms with Gasteiger partial charge in [0.15, 0.2) is 0 Å². The van der Waals surface area contributed by atoms with E-state index in [0.717, 1.165) is 19.3 Å². The normalized spacial score (nSPS) is 22.1. The Morgan fingerprint density at radius 1 is 1.15 bits per heavy atom. The lowest BCUT2D eigenvalue weighted by Gasteiger charge is -2.39. The van der Waals surface area contributed by atoms with Crippen LogP contribution in [0.25, 0.3) is 0 Å². The van der Waals surface area contributed by atoms with Crippen molar-refractivity contribution in [2.24, 2.45) is 5.73 Å². The van der Waals surface area contributed by atoms with E-state index in [-0.39, 0.29) is 30.1 Å². The molecule has 182 valence electrons. The molecule has 0 saturated carbocycles. The van der Waals surface area contributed by atoms with E-state index in [4.69, 9.17) is 15.2 Å². The standard InChI is InChI=1S/C24H36N4O5/c1-24(2,3)33-23(31)28-17-7-8-18(28)14-16(13-17)27-22(30)15-6-9-19(21(25)29)20(12-15)26-10-5-11-32-4/h6,9,12,16-18,26H,5,7-8,10-11,13-14H2,1-4H3,(H2,25,29)(H,27,30). The van der Waals surface area contributed by atoms with Crippen LogP contribution in [0.1, 0.15) is 73.6 Å². The summed E-state index contributed by atoms with van der Waals surface area (Å²) in [5.74, 6) is -0.761. The van der Waals surface area contributed by atoms with Gasteiger partial charge in [-0.3, -0.25) is 9.59 Å². The zero-order chi connectivity index (χ0) is 24.2. The first kappa shape index (κ1) is 24.8. The number of nitrogens with two attached hydrogens (primary N) is 1. The molecule has 3 rings (SSSR count). The Hall–Kier alpha value is -2.81. The molecule has 3 amide bonds. The van der Waals surface area contributed by atoms with E-state index in [1.807, 2.05) is 25.7 Å². The van der Waals surface area contributed by atoms with Gasteiger partial charge in [0.05, 0.1) is 5.56 Å². The molecule has 2 heterocycles. The molecule has 1 aromatic carbocycles. The third-order valence-electron chi connectivity index (χ3n) is 6.06. The Morgan fingerprint density at radius 2 is 1.82 bits per heavy atom. The van der Waals surface area contributed by atoms with E-state index >= 15 is 0 Å². The molecule has 33 heavy (non-hydrogen) atoms. The van der Waals surface area contributed by atoms with Gasteiger partial charge in [0.2, 0.25) is 0 Å². The quantitative estimate of drug-likeness (QED) is 0.513. The van der Waals surface area contributed by atoms with Crippen molar-refractivity contribution in [3.8, 4) is 0 Å². The monoisotopic (exact) mass is 460 g/mol. The van der Waals surface area contributed by atoms with Crippen LogP contribution in [0, 0.1) is 0 Å². The topological polar surface area (TPSA) is 123 Å². The Kier molecular flexibility index (Phi) is 7.84. The molecule has 2 atom stereocenters. The highest BCUT2D eigenvalue weighted by Gasteiger charge is 2.45. The Labute approximate surface area is 195 Å². The molecule has 0 radical (unpaired) electrons. The number of hydrogen-bond donors (Lipinski definition) is 3. The van der Waals surface area contributed by atoms with Crippen LogP contribution in [0.15, 0.2) is 18.2 Å². The summed E-state index contributed by atoms with van der Waals surface area (Å²) in [6.45, 7) is 6.77. The van der Waals surface area contributed by atoms with Gasteiger partial charge >= 0.3 is 6.09 Å². The van der Waals surface area contributed by atoms with Crippen LogP contribution in [0.2, 0.25) is 0 Å². The van der Waals surface area contributed by atoms with Gasteiger partial charge in [0.25, 0.3) is 11.8 Å². The van der Waals surface area contributed by atoms with Gasteiger partial charge in [-0.05, 0) is 71.1 Å². The Balaban J connectivity index is 1.64. The molecule has 9 nitrogen and oxygen atoms in total. The van der Waals surface area contributed by atoms with Gasteiger partial charge in [0.1, 0.15) is 5.60 Å². The van der Waals surface area contributed by atoms with Crippen LogP contribution in [-0.2, 0) is 9.47 Å². The third kappa shape index (κ3) is 6.37. The maximum atomic E-state index is 13.0. The SMILES string of the molecule is COCCCNc1cc(C(=O)NC2CC3CCC(C2)N3C(=O)OC(C)(C)C)ccc1C(N)=O. The summed E-state index contributed by atoms with van der Waals surface area (Å²) in [5.41, 5.74) is 6.28. The van der Waals surface area contributed by atoms with E-state index in [1.165, 1.54) is 0 Å². The molecule has 2 saturated heterocycles. The third-order valence-corrected chi connectivity index (χ3v) is 6.06. The summed E-state index contributed by atoms with van der Waals surface area (Å²) in [5, 5.41) is 6.28. The van der Waals surface area contributed by atoms with Gasteiger partial charge < -0.3 is 30.7 Å². The molecule has 4 N–H and O–H groups in total. The predicted octanol–water partition coefficient (Wildman–Crippen LogP) is 2.89. The van der Waals surface area contributed by atoms with Gasteiger partial charge in [-0.1, -0.05) is 0 Å². The minimum absolute atomic E-state index is 0.0254. The van der Waals surface area contributed by atoms with E-state index in [9.17, 15) is 14.4 Å². The lowest BCUT2D eigenvalue weighted by Crippen LogP contribution is -2.53. The summed E-state index contributed by atoms with van der Waals surface area (Å²) < 4.78 is 10.6. The van der Waals surface area contributed by atoms with Crippen LogP contribution in [0.5, 0.6) is 0 Å². The molecule has 9 heteroatoms. The zero-order valence-corrected chi connectivity index (χ0v) is 20.0. The van der Waals surface area contributed by atoms with Crippen LogP contribution in [0.3, 0.4) is 0 Å². The second-order valence-electron chi connectivity index (χ2n) is 9.81. The molecular weight excluding hydrogens is 424 g/mol. The molecule has 0 aromatic heterocycles. The number of anilines is 1. The number of benzene rings is 1. The number of hydrogen-bond acceptors (Lipinski definition) is 6. The van der Waals surface area contributed by atoms with E-state index in [0.29, 0.717) is 42.8 Å². The van der Waals surface area contributed by atoms with Crippen molar-refractivity contribution in [1.29, 1.82) is 0 Å². The highest BCUT2D eigenvalue weighted by molar-refractivity contribution is 6.02. The van der Waals surface area contributed by atoms with Gasteiger partial charge in [-0.2, -0.15) is 0 Å². The first-order chi connectivity index (χ1) is 15.6. The average molecular weight is 461 g/mol. The number of primary amides is 1. The number of nitrogens with zero attached hydrogens (tertiary/aromatic N) is 1. The number of nitrogens with one attached hydrogen (secondary N) is 2. The largest absolute Gasteiger partial charge is 0.444 e. The molecule has 2 bridgehead atoms. The number of methoxy groups -OCH3 is 1. The minimum atomic E-state index is -0.553. The number of fused-ring (bicyclic) bond motifs is 2. The number of piperidine rings is 1. The van der Waals surface area contributed by atoms with Crippen LogP contribution in [0.4, 0.5) is 10.5 Å². The van der Waals surface area contributed by atoms with E-state index in [2.05, 4.69) is 10.6 Å². The van der Waals surface area contributed by atoms with Crippen molar-refractivity contribution in [1.82, 2.24) is 10.2 Å². The number of amides is 3. The fourth-order valence-corrected chi connectivity index (χ4v) is 4.66. The van der Waals surface area contributed by atoms with Crippen molar-refractivity contribution < 1.29 is 23.9 Å². The fraction of sp³-hybridized carbons (Fsp3) is 0.625. The molecule has 2 aliphatic rings. The molecule has 2 aliphatic heterocycles. The summed E-state index contributed by atoms with van der Waals surface area (Å²) in [4.78, 5) is 39.3. The number of ether oxygens (including phenoxy) is 2. The van der Waals surface area contributed by atoms with Crippen LogP contribution < -0.4 is 16.4 Å². The van der Waals surface area contributed by atoms with Crippen molar-refractivity contribution in [3.63, 3.8) is 0 Å². The van der Waals surface area contributed by atoms with Gasteiger partial charge in [-0.25, -0.2) is 4.79 Å². The average Bonchev–Trinajstić information content (AvgIpc) is 3.00. The molecule has 0 spiro atoms. The summed E-state index contributed by atoms with van der Waals surface area (Å²) in [6, 6.07) is 4.96. The molecule has 2 unspecified atom stereocenters. The smallest absolute Gasteiger partial charge is 0.410 e. The molecule has 1 aromatic rings. The van der Waals surface area contributed by atoms with Gasteiger partial charge in [-0.15, -0.1) is 0 Å². The molecule has 2 fully saturated rings. The lowest BCUT2D eigenvalue weighted by molar-refractivity contribution is 0.00498. The molecular formula is C24H36N4O5. The van der Waals surface area contributed by atoms with E-state index < -0.39 is 11.5 Å². The van der Waals surface area contributed by atoms with Crippen molar-refractivity contribution >= 4 is 23.6 Å². The fourth-order valence-electron chi connectivity index (χ4n) is 4.66. The summed E-state index contributed by atoms with van der Waals surface area (Å²) in [6.07, 6.45) is 3.71. The second kappa shape index (κ2) is 10.4. The summed E-state index contributed by atoms with van der Waals surface area (Å²) >= 11 is 0. The van der Waals surface area contributed by atoms with Crippen molar-refractivity contribution in [2.45, 2.75) is 76.6 Å². The van der Waals surface area contributed by atoms with Gasteiger partial charge in [0, 0.05) is 49.6 Å². The maximum Gasteiger partial charge on any atom is 0.410 e. The van der Waals surface area contributed by atoms with Crippen LogP contribution in [-0.4, -0.2) is 66.8 Å². The van der Waals surface area contributed by atoms with Crippen molar-refractivity contribution in [3.05, 3.63) is 29.3 Å². The first-order valence-corrected chi connectivity index (χ1v) is 11.6. The minimum Gasteiger partial charge on any atom is -0.444 e. The van der Waals surface area contributed by atoms with E-state index in [1.54, 1.807) is 25.3 Å². The zero-order valence-electron chi connectivity index (χ0n) is 20.0. The lowest BCUT2D eigenvalue weighted by atomic mass is 9.97. The number of carbonyl (C=O) groups is 3. The highest BCUT2D eigenvalue weighted by atomic mass is 16.6. The summed E-state index contributed by atoms with van der Waals surface area (Å²) in [7, 11) is 1.63. The molecule has 0 aliphatic carbocycles. The highest BCUT2D eigenvalue weighted by Crippen LogP contribution is 2.37. The predicted molar refractivity (Wildman–Crippen MR) is 125 cm³/mol.